The van der Waals surface area contributed by atoms with Gasteiger partial charge < -0.3 is 0 Å². The molecule has 0 amide bonds. The Kier molecular flexibility index (Phi) is 3.65. The molecule has 0 spiro atoms. The Morgan fingerprint density at radius 3 is 2.31 bits per heavy atom. The van der Waals surface area contributed by atoms with Gasteiger partial charge in [0, 0.05) is 12.2 Å². The summed E-state index contributed by atoms with van der Waals surface area (Å²) >= 11 is 5.59. The van der Waals surface area contributed by atoms with E-state index in [1.807, 2.05) is 30.1 Å². The molecule has 0 radical (unpaired) electrons. The maximum absolute atomic E-state index is 5.59. The van der Waals surface area contributed by atoms with Crippen molar-refractivity contribution in [1.29, 1.82) is 0 Å². The predicted octanol–water partition coefficient (Wildman–Crippen LogP) is 3.12. The van der Waals surface area contributed by atoms with E-state index >= 15 is 0 Å². The molecule has 0 nitrogen and oxygen atoms in total. The highest BCUT2D eigenvalue weighted by Gasteiger charge is 2.12. The van der Waals surface area contributed by atoms with Crippen LogP contribution < -0.4 is 5.30 Å². The van der Waals surface area contributed by atoms with Crippen LogP contribution in [0.2, 0.25) is 0 Å². The van der Waals surface area contributed by atoms with Crippen molar-refractivity contribution < 1.29 is 0 Å². The van der Waals surface area contributed by atoms with Crippen molar-refractivity contribution in [2.75, 3.05) is 6.16 Å². The third kappa shape index (κ3) is 2.40. The van der Waals surface area contributed by atoms with Crippen LogP contribution in [0, 0.1) is 0 Å². The first kappa shape index (κ1) is 10.4. The molecule has 2 heteroatoms. The third-order valence-corrected chi connectivity index (χ3v) is 5.98. The Hall–Kier alpha value is -0.650. The van der Waals surface area contributed by atoms with Gasteiger partial charge in [0.1, 0.15) is 0 Å². The third-order valence-electron chi connectivity index (χ3n) is 1.89. The van der Waals surface area contributed by atoms with Gasteiger partial charge in [-0.3, -0.25) is 0 Å². The summed E-state index contributed by atoms with van der Waals surface area (Å²) in [6, 6.07) is 8.61. The Labute approximate surface area is 85.0 Å². The fraction of sp³-hybridized carbons (Fsp3) is 0.0909. The largest absolute Gasteiger partial charge is 0.103 e. The molecule has 0 bridgehead atoms. The molecule has 0 fully saturated rings. The Morgan fingerprint density at radius 1 is 1.23 bits per heavy atom. The van der Waals surface area contributed by atoms with Gasteiger partial charge in [0.15, 0.2) is 0 Å². The first-order valence-corrected chi connectivity index (χ1v) is 7.17. The SMILES string of the molecule is C=CCP(=S)(C=C)c1ccccc1. The minimum atomic E-state index is -1.57. The molecule has 0 saturated heterocycles. The summed E-state index contributed by atoms with van der Waals surface area (Å²) in [5, 5.41) is 1.22. The smallest absolute Gasteiger partial charge is 0.00666 e. The minimum absolute atomic E-state index is 0.857. The zero-order valence-corrected chi connectivity index (χ0v) is 9.23. The Morgan fingerprint density at radius 2 is 1.85 bits per heavy atom. The van der Waals surface area contributed by atoms with Crippen LogP contribution in [0.4, 0.5) is 0 Å². The number of rotatable bonds is 4. The molecule has 1 rings (SSSR count). The molecule has 68 valence electrons. The zero-order valence-electron chi connectivity index (χ0n) is 7.52. The van der Waals surface area contributed by atoms with Crippen molar-refractivity contribution in [3.8, 4) is 0 Å². The molecule has 0 aliphatic carbocycles. The molecule has 0 aliphatic rings. The van der Waals surface area contributed by atoms with Crippen LogP contribution in [0.3, 0.4) is 0 Å². The van der Waals surface area contributed by atoms with E-state index in [0.717, 1.165) is 6.16 Å². The van der Waals surface area contributed by atoms with Crippen molar-refractivity contribution in [1.82, 2.24) is 0 Å². The average molecular weight is 208 g/mol. The van der Waals surface area contributed by atoms with Gasteiger partial charge in [-0.05, 0) is 5.30 Å². The summed E-state index contributed by atoms with van der Waals surface area (Å²) in [6.45, 7) is 7.56. The second-order valence-electron chi connectivity index (χ2n) is 2.78. The van der Waals surface area contributed by atoms with Crippen molar-refractivity contribution in [3.63, 3.8) is 0 Å². The van der Waals surface area contributed by atoms with E-state index in [1.54, 1.807) is 0 Å². The summed E-state index contributed by atoms with van der Waals surface area (Å²) in [5.74, 6) is 1.92. The molecular weight excluding hydrogens is 195 g/mol. The van der Waals surface area contributed by atoms with Gasteiger partial charge >= 0.3 is 0 Å². The van der Waals surface area contributed by atoms with Gasteiger partial charge in [0.2, 0.25) is 0 Å². The molecule has 0 heterocycles. The normalized spacial score (nSPS) is 14.5. The highest BCUT2D eigenvalue weighted by Crippen LogP contribution is 2.45. The number of benzene rings is 1. The lowest BCUT2D eigenvalue weighted by molar-refractivity contribution is 1.73. The van der Waals surface area contributed by atoms with Crippen molar-refractivity contribution in [2.45, 2.75) is 0 Å². The molecular formula is C11H13PS. The number of hydrogen-bond donors (Lipinski definition) is 0. The predicted molar refractivity (Wildman–Crippen MR) is 65.6 cm³/mol. The topological polar surface area (TPSA) is 0 Å². The van der Waals surface area contributed by atoms with Gasteiger partial charge in [-0.15, -0.1) is 6.58 Å². The van der Waals surface area contributed by atoms with E-state index in [9.17, 15) is 0 Å². The summed E-state index contributed by atoms with van der Waals surface area (Å²) in [7, 11) is 0. The van der Waals surface area contributed by atoms with Crippen LogP contribution >= 0.6 is 6.04 Å². The van der Waals surface area contributed by atoms with Gasteiger partial charge in [0.05, 0.1) is 0 Å². The second kappa shape index (κ2) is 4.55. The monoisotopic (exact) mass is 208 g/mol. The summed E-state index contributed by atoms with van der Waals surface area (Å²) in [6.07, 6.45) is 2.74. The van der Waals surface area contributed by atoms with E-state index in [-0.39, 0.29) is 0 Å². The molecule has 1 atom stereocenters. The second-order valence-corrected chi connectivity index (χ2v) is 7.58. The highest BCUT2D eigenvalue weighted by molar-refractivity contribution is 8.19. The first-order chi connectivity index (χ1) is 6.23. The Balaban J connectivity index is 3.10. The van der Waals surface area contributed by atoms with Gasteiger partial charge in [-0.2, -0.15) is 0 Å². The van der Waals surface area contributed by atoms with E-state index in [0.29, 0.717) is 0 Å². The van der Waals surface area contributed by atoms with Gasteiger partial charge in [-0.25, -0.2) is 0 Å². The van der Waals surface area contributed by atoms with Crippen LogP contribution in [-0.4, -0.2) is 6.16 Å². The van der Waals surface area contributed by atoms with Crippen molar-refractivity contribution in [3.05, 3.63) is 55.4 Å². The van der Waals surface area contributed by atoms with Crippen LogP contribution in [0.25, 0.3) is 0 Å². The molecule has 0 saturated carbocycles. The lowest BCUT2D eigenvalue weighted by Crippen LogP contribution is -2.03. The maximum atomic E-state index is 5.59. The highest BCUT2D eigenvalue weighted by atomic mass is 32.4. The van der Waals surface area contributed by atoms with Gasteiger partial charge in [0.25, 0.3) is 0 Å². The summed E-state index contributed by atoms with van der Waals surface area (Å²) in [4.78, 5) is 0. The molecule has 1 unspecified atom stereocenters. The maximum Gasteiger partial charge on any atom is 0.00666 e. The average Bonchev–Trinajstić information content (AvgIpc) is 2.19. The standard InChI is InChI=1S/C11H13PS/c1-3-10-12(13,4-2)11-8-6-5-7-9-11/h3-9H,1-2,10H2. The molecule has 0 aromatic heterocycles. The summed E-state index contributed by atoms with van der Waals surface area (Å²) in [5.41, 5.74) is 0. The van der Waals surface area contributed by atoms with Crippen molar-refractivity contribution in [2.24, 2.45) is 0 Å². The van der Waals surface area contributed by atoms with E-state index in [4.69, 9.17) is 11.8 Å². The van der Waals surface area contributed by atoms with E-state index in [2.05, 4.69) is 25.3 Å². The zero-order chi connectivity index (χ0) is 9.73. The molecule has 0 N–H and O–H groups in total. The van der Waals surface area contributed by atoms with Crippen LogP contribution in [0.5, 0.6) is 0 Å². The van der Waals surface area contributed by atoms with E-state index < -0.39 is 6.04 Å². The molecule has 1 aromatic carbocycles. The quantitative estimate of drug-likeness (QED) is 0.541. The minimum Gasteiger partial charge on any atom is -0.103 e. The fourth-order valence-corrected chi connectivity index (χ4v) is 3.47. The van der Waals surface area contributed by atoms with E-state index in [1.165, 1.54) is 5.30 Å². The first-order valence-electron chi connectivity index (χ1n) is 4.12. The Bertz CT molecular complexity index is 340. The number of allylic oxidation sites excluding steroid dienone is 1. The van der Waals surface area contributed by atoms with Gasteiger partial charge in [-0.1, -0.05) is 60.6 Å². The fourth-order valence-electron chi connectivity index (χ4n) is 1.16. The number of hydrogen-bond acceptors (Lipinski definition) is 1. The lowest BCUT2D eigenvalue weighted by atomic mass is 10.4. The lowest BCUT2D eigenvalue weighted by Gasteiger charge is -2.15. The van der Waals surface area contributed by atoms with Crippen LogP contribution in [0.15, 0.2) is 55.4 Å². The molecule has 1 aromatic rings. The van der Waals surface area contributed by atoms with Crippen LogP contribution in [-0.2, 0) is 11.8 Å². The molecule has 0 aliphatic heterocycles. The summed E-state index contributed by atoms with van der Waals surface area (Å²) < 4.78 is 0. The van der Waals surface area contributed by atoms with Crippen LogP contribution in [0.1, 0.15) is 0 Å². The van der Waals surface area contributed by atoms with Crippen molar-refractivity contribution >= 4 is 23.1 Å². The molecule has 13 heavy (non-hydrogen) atoms.